The highest BCUT2D eigenvalue weighted by atomic mass is 16.5. The zero-order chi connectivity index (χ0) is 17.9. The first-order valence-corrected chi connectivity index (χ1v) is 9.14. The molecule has 1 spiro atoms. The van der Waals surface area contributed by atoms with Gasteiger partial charge in [-0.15, -0.1) is 0 Å². The van der Waals surface area contributed by atoms with Crippen molar-refractivity contribution in [2.45, 2.75) is 38.7 Å². The molecule has 5 nitrogen and oxygen atoms in total. The van der Waals surface area contributed by atoms with Gasteiger partial charge in [-0.2, -0.15) is 0 Å². The molecular formula is C20H29NO4. The van der Waals surface area contributed by atoms with Crippen molar-refractivity contribution in [1.29, 1.82) is 0 Å². The van der Waals surface area contributed by atoms with E-state index in [1.807, 2.05) is 30.0 Å². The summed E-state index contributed by atoms with van der Waals surface area (Å²) in [5, 5.41) is 0. The molecule has 138 valence electrons. The molecule has 1 saturated heterocycles. The van der Waals surface area contributed by atoms with E-state index in [1.165, 1.54) is 6.42 Å². The minimum absolute atomic E-state index is 0.131. The van der Waals surface area contributed by atoms with E-state index in [2.05, 4.69) is 0 Å². The maximum Gasteiger partial charge on any atom is 0.254 e. The maximum atomic E-state index is 12.9. The van der Waals surface area contributed by atoms with Crippen LogP contribution in [-0.4, -0.2) is 57.4 Å². The van der Waals surface area contributed by atoms with Crippen LogP contribution < -0.4 is 4.74 Å². The highest BCUT2D eigenvalue weighted by molar-refractivity contribution is 5.95. The number of methoxy groups -OCH3 is 2. The van der Waals surface area contributed by atoms with Crippen molar-refractivity contribution in [3.05, 3.63) is 29.3 Å². The average molecular weight is 347 g/mol. The summed E-state index contributed by atoms with van der Waals surface area (Å²) >= 11 is 0. The third-order valence-electron chi connectivity index (χ3n) is 5.90. The minimum Gasteiger partial charge on any atom is -0.497 e. The molecule has 1 aromatic carbocycles. The lowest BCUT2D eigenvalue weighted by Gasteiger charge is -2.53. The quantitative estimate of drug-likeness (QED) is 0.742. The fourth-order valence-corrected chi connectivity index (χ4v) is 4.10. The van der Waals surface area contributed by atoms with E-state index in [-0.39, 0.29) is 11.3 Å². The summed E-state index contributed by atoms with van der Waals surface area (Å²) in [5.74, 6) is 0.920. The number of ether oxygens (including phenoxy) is 3. The smallest absolute Gasteiger partial charge is 0.254 e. The molecule has 1 aliphatic carbocycles. The predicted octanol–water partition coefficient (Wildman–Crippen LogP) is 3.05. The van der Waals surface area contributed by atoms with E-state index in [1.54, 1.807) is 14.2 Å². The monoisotopic (exact) mass is 347 g/mol. The maximum absolute atomic E-state index is 12.9. The summed E-state index contributed by atoms with van der Waals surface area (Å²) in [7, 11) is 3.34. The molecule has 1 heterocycles. The lowest BCUT2D eigenvalue weighted by molar-refractivity contribution is -0.139. The Morgan fingerprint density at radius 2 is 1.96 bits per heavy atom. The molecule has 0 N–H and O–H groups in total. The third-order valence-corrected chi connectivity index (χ3v) is 5.90. The van der Waals surface area contributed by atoms with E-state index in [4.69, 9.17) is 14.2 Å². The molecule has 1 atom stereocenters. The largest absolute Gasteiger partial charge is 0.497 e. The summed E-state index contributed by atoms with van der Waals surface area (Å²) in [5.41, 5.74) is 2.02. The molecule has 2 aliphatic rings. The van der Waals surface area contributed by atoms with Gasteiger partial charge in [0.2, 0.25) is 0 Å². The second kappa shape index (κ2) is 7.75. The average Bonchev–Trinajstić information content (AvgIpc) is 2.63. The highest BCUT2D eigenvalue weighted by Gasteiger charge is 2.49. The van der Waals surface area contributed by atoms with Gasteiger partial charge in [-0.25, -0.2) is 0 Å². The molecule has 3 rings (SSSR count). The number of hydrogen-bond donors (Lipinski definition) is 0. The summed E-state index contributed by atoms with van der Waals surface area (Å²) in [6, 6.07) is 5.66. The Morgan fingerprint density at radius 1 is 1.20 bits per heavy atom. The van der Waals surface area contributed by atoms with Crippen LogP contribution in [0.1, 0.15) is 41.6 Å². The summed E-state index contributed by atoms with van der Waals surface area (Å²) in [6.07, 6.45) is 4.75. The van der Waals surface area contributed by atoms with Crippen LogP contribution in [0.25, 0.3) is 0 Å². The number of carbonyl (C=O) groups is 1. The predicted molar refractivity (Wildman–Crippen MR) is 96.2 cm³/mol. The summed E-state index contributed by atoms with van der Waals surface area (Å²) < 4.78 is 16.3. The van der Waals surface area contributed by atoms with Crippen LogP contribution in [0.5, 0.6) is 5.75 Å². The number of amides is 1. The first-order valence-electron chi connectivity index (χ1n) is 9.14. The van der Waals surface area contributed by atoms with Crippen LogP contribution >= 0.6 is 0 Å². The molecule has 1 amide bonds. The Morgan fingerprint density at radius 3 is 2.52 bits per heavy atom. The zero-order valence-corrected chi connectivity index (χ0v) is 15.5. The Balaban J connectivity index is 1.58. The van der Waals surface area contributed by atoms with Crippen LogP contribution in [-0.2, 0) is 9.47 Å². The second-order valence-corrected chi connectivity index (χ2v) is 7.23. The van der Waals surface area contributed by atoms with E-state index in [0.717, 1.165) is 49.2 Å². The number of benzene rings is 1. The Kier molecular flexibility index (Phi) is 5.64. The lowest BCUT2D eigenvalue weighted by atomic mass is 9.60. The van der Waals surface area contributed by atoms with Gasteiger partial charge < -0.3 is 19.1 Å². The van der Waals surface area contributed by atoms with E-state index >= 15 is 0 Å². The third kappa shape index (κ3) is 3.67. The van der Waals surface area contributed by atoms with Crippen molar-refractivity contribution in [2.75, 3.05) is 40.5 Å². The number of carbonyl (C=O) groups excluding carboxylic acids is 1. The van der Waals surface area contributed by atoms with Gasteiger partial charge in [-0.3, -0.25) is 4.79 Å². The van der Waals surface area contributed by atoms with Gasteiger partial charge >= 0.3 is 0 Å². The topological polar surface area (TPSA) is 48.0 Å². The van der Waals surface area contributed by atoms with Crippen molar-refractivity contribution in [3.8, 4) is 5.75 Å². The molecule has 1 unspecified atom stereocenters. The Bertz CT molecular complexity index is 608. The van der Waals surface area contributed by atoms with Gasteiger partial charge in [-0.1, -0.05) is 0 Å². The second-order valence-electron chi connectivity index (χ2n) is 7.23. The van der Waals surface area contributed by atoms with Crippen LogP contribution in [0.15, 0.2) is 18.2 Å². The first kappa shape index (κ1) is 18.2. The molecule has 0 bridgehead atoms. The van der Waals surface area contributed by atoms with Crippen molar-refractivity contribution in [1.82, 2.24) is 4.90 Å². The number of likely N-dealkylation sites (tertiary alicyclic amines) is 1. The number of piperidine rings is 1. The van der Waals surface area contributed by atoms with Crippen molar-refractivity contribution >= 4 is 5.91 Å². The van der Waals surface area contributed by atoms with Crippen molar-refractivity contribution < 1.29 is 19.0 Å². The number of aryl methyl sites for hydroxylation is 1. The van der Waals surface area contributed by atoms with E-state index in [9.17, 15) is 4.79 Å². The Labute approximate surface area is 150 Å². The molecular weight excluding hydrogens is 318 g/mol. The van der Waals surface area contributed by atoms with E-state index < -0.39 is 0 Å². The molecule has 1 aliphatic heterocycles. The fraction of sp³-hybridized carbons (Fsp3) is 0.650. The fourth-order valence-electron chi connectivity index (χ4n) is 4.10. The zero-order valence-electron chi connectivity index (χ0n) is 15.5. The SMILES string of the molecule is COCCOC1CCC12CCN(C(=O)c1ccc(OC)cc1C)CC2. The van der Waals surface area contributed by atoms with Gasteiger partial charge in [0.15, 0.2) is 0 Å². The number of hydrogen-bond acceptors (Lipinski definition) is 4. The number of nitrogens with zero attached hydrogens (tertiary/aromatic N) is 1. The minimum atomic E-state index is 0.131. The summed E-state index contributed by atoms with van der Waals surface area (Å²) in [4.78, 5) is 14.9. The van der Waals surface area contributed by atoms with Crippen LogP contribution in [0.4, 0.5) is 0 Å². The van der Waals surface area contributed by atoms with Crippen LogP contribution in [0.3, 0.4) is 0 Å². The summed E-state index contributed by atoms with van der Waals surface area (Å²) in [6.45, 7) is 4.90. The number of rotatable bonds is 6. The van der Waals surface area contributed by atoms with Gasteiger partial charge in [0.1, 0.15) is 5.75 Å². The van der Waals surface area contributed by atoms with Crippen molar-refractivity contribution in [3.63, 3.8) is 0 Å². The molecule has 0 aromatic heterocycles. The van der Waals surface area contributed by atoms with Gasteiger partial charge in [0.25, 0.3) is 5.91 Å². The van der Waals surface area contributed by atoms with Crippen LogP contribution in [0.2, 0.25) is 0 Å². The highest BCUT2D eigenvalue weighted by Crippen LogP contribution is 2.50. The molecule has 0 radical (unpaired) electrons. The molecule has 1 saturated carbocycles. The van der Waals surface area contributed by atoms with Crippen molar-refractivity contribution in [2.24, 2.45) is 5.41 Å². The van der Waals surface area contributed by atoms with E-state index in [0.29, 0.717) is 19.3 Å². The van der Waals surface area contributed by atoms with Gasteiger partial charge in [-0.05, 0) is 56.4 Å². The Hall–Kier alpha value is -1.59. The molecule has 5 heteroatoms. The first-order chi connectivity index (χ1) is 12.1. The molecule has 2 fully saturated rings. The molecule has 1 aromatic rings. The van der Waals surface area contributed by atoms with Crippen LogP contribution in [0, 0.1) is 12.3 Å². The normalized spacial score (nSPS) is 21.9. The van der Waals surface area contributed by atoms with Gasteiger partial charge in [0.05, 0.1) is 26.4 Å². The standard InChI is InChI=1S/C20H29NO4/c1-15-14-16(24-3)4-5-17(15)19(22)21-10-8-20(9-11-21)7-6-18(20)25-13-12-23-2/h4-5,14,18H,6-13H2,1-3H3. The van der Waals surface area contributed by atoms with Gasteiger partial charge in [0, 0.05) is 31.2 Å². The lowest BCUT2D eigenvalue weighted by Crippen LogP contribution is -2.54. The molecule has 25 heavy (non-hydrogen) atoms.